The van der Waals surface area contributed by atoms with Crippen molar-refractivity contribution in [2.24, 2.45) is 11.8 Å². The van der Waals surface area contributed by atoms with Crippen LogP contribution in [0, 0.1) is 11.8 Å². The third-order valence-corrected chi connectivity index (χ3v) is 3.31. The quantitative estimate of drug-likeness (QED) is 0.564. The molecular weight excluding hydrogens is 230 g/mol. The summed E-state index contributed by atoms with van der Waals surface area (Å²) in [5.41, 5.74) is 0. The summed E-state index contributed by atoms with van der Waals surface area (Å²) in [5.74, 6) is -0.714. The van der Waals surface area contributed by atoms with Crippen LogP contribution in [0.25, 0.3) is 0 Å². The van der Waals surface area contributed by atoms with Crippen molar-refractivity contribution in [2.75, 3.05) is 13.2 Å². The minimum absolute atomic E-state index is 0.0583. The summed E-state index contributed by atoms with van der Waals surface area (Å²) in [6.07, 6.45) is 3.91. The first-order valence-corrected chi connectivity index (χ1v) is 6.12. The molecule has 16 heavy (non-hydrogen) atoms. The summed E-state index contributed by atoms with van der Waals surface area (Å²) < 4.78 is 0. The van der Waals surface area contributed by atoms with Crippen LogP contribution in [-0.4, -0.2) is 29.4 Å². The van der Waals surface area contributed by atoms with Crippen LogP contribution in [0.1, 0.15) is 32.1 Å². The number of aliphatic hydroxyl groups is 1. The lowest BCUT2D eigenvalue weighted by Gasteiger charge is -2.27. The predicted molar refractivity (Wildman–Crippen MR) is 61.0 cm³/mol. The minimum atomic E-state index is -0.401. The van der Waals surface area contributed by atoms with Gasteiger partial charge < -0.3 is 10.4 Å². The molecule has 0 saturated heterocycles. The van der Waals surface area contributed by atoms with Gasteiger partial charge in [-0.1, -0.05) is 12.8 Å². The molecule has 0 bridgehead atoms. The van der Waals surface area contributed by atoms with E-state index >= 15 is 0 Å². The van der Waals surface area contributed by atoms with E-state index in [0.29, 0.717) is 19.4 Å². The van der Waals surface area contributed by atoms with Crippen LogP contribution in [0.15, 0.2) is 0 Å². The Kier molecular flexibility index (Phi) is 5.77. The Balaban J connectivity index is 2.47. The Hall–Kier alpha value is -0.610. The van der Waals surface area contributed by atoms with Gasteiger partial charge in [-0.2, -0.15) is 0 Å². The van der Waals surface area contributed by atoms with Crippen LogP contribution in [0.3, 0.4) is 0 Å². The average molecular weight is 248 g/mol. The van der Waals surface area contributed by atoms with Crippen LogP contribution in [0.5, 0.6) is 0 Å². The lowest BCUT2D eigenvalue weighted by atomic mass is 9.79. The summed E-state index contributed by atoms with van der Waals surface area (Å²) >= 11 is 5.50. The molecule has 5 heteroatoms. The molecule has 1 aliphatic rings. The van der Waals surface area contributed by atoms with Gasteiger partial charge in [0, 0.05) is 25.0 Å². The van der Waals surface area contributed by atoms with Crippen LogP contribution in [-0.2, 0) is 9.59 Å². The fourth-order valence-electron chi connectivity index (χ4n) is 2.14. The van der Waals surface area contributed by atoms with E-state index < -0.39 is 5.24 Å². The van der Waals surface area contributed by atoms with E-state index in [1.54, 1.807) is 0 Å². The normalized spacial score (nSPS) is 25.1. The van der Waals surface area contributed by atoms with Crippen molar-refractivity contribution in [2.45, 2.75) is 32.1 Å². The second-order valence-corrected chi connectivity index (χ2v) is 4.54. The largest absolute Gasteiger partial charge is 0.396 e. The van der Waals surface area contributed by atoms with Crippen molar-refractivity contribution in [3.05, 3.63) is 0 Å². The third kappa shape index (κ3) is 3.76. The van der Waals surface area contributed by atoms with E-state index in [2.05, 4.69) is 5.32 Å². The second kappa shape index (κ2) is 6.86. The summed E-state index contributed by atoms with van der Waals surface area (Å²) in [6, 6.07) is 0. The van der Waals surface area contributed by atoms with Gasteiger partial charge in [0.2, 0.25) is 11.1 Å². The van der Waals surface area contributed by atoms with Crippen molar-refractivity contribution in [1.29, 1.82) is 0 Å². The molecule has 2 N–H and O–H groups in total. The Bertz CT molecular complexity index is 258. The van der Waals surface area contributed by atoms with Gasteiger partial charge >= 0.3 is 0 Å². The first kappa shape index (κ1) is 13.5. The number of aliphatic hydroxyl groups excluding tert-OH is 1. The highest BCUT2D eigenvalue weighted by Crippen LogP contribution is 2.31. The number of carbonyl (C=O) groups is 2. The van der Waals surface area contributed by atoms with E-state index in [9.17, 15) is 9.59 Å². The molecule has 92 valence electrons. The number of rotatable bonds is 5. The number of amides is 1. The maximum absolute atomic E-state index is 11.8. The Morgan fingerprint density at radius 1 is 1.25 bits per heavy atom. The van der Waals surface area contributed by atoms with Gasteiger partial charge in [0.25, 0.3) is 0 Å². The van der Waals surface area contributed by atoms with Gasteiger partial charge in [0.15, 0.2) is 0 Å². The number of nitrogens with one attached hydrogen (secondary N) is 1. The summed E-state index contributed by atoms with van der Waals surface area (Å²) in [6.45, 7) is 0.512. The van der Waals surface area contributed by atoms with E-state index in [4.69, 9.17) is 16.7 Å². The highest BCUT2D eigenvalue weighted by molar-refractivity contribution is 6.64. The van der Waals surface area contributed by atoms with E-state index in [1.807, 2.05) is 0 Å². The topological polar surface area (TPSA) is 66.4 Å². The molecule has 0 aromatic heterocycles. The van der Waals surface area contributed by atoms with Crippen molar-refractivity contribution in [3.63, 3.8) is 0 Å². The highest BCUT2D eigenvalue weighted by Gasteiger charge is 2.34. The zero-order chi connectivity index (χ0) is 12.0. The van der Waals surface area contributed by atoms with Crippen LogP contribution in [0.4, 0.5) is 0 Å². The molecule has 0 radical (unpaired) electrons. The molecule has 1 saturated carbocycles. The smallest absolute Gasteiger partial charge is 0.225 e. The molecule has 2 unspecified atom stereocenters. The standard InChI is InChI=1S/C11H18ClNO3/c12-10(15)8-4-1-2-5-9(8)11(16)13-6-3-7-14/h8-9,14H,1-7H2,(H,13,16). The molecular formula is C11H18ClNO3. The number of halogens is 1. The van der Waals surface area contributed by atoms with Gasteiger partial charge in [0.05, 0.1) is 0 Å². The van der Waals surface area contributed by atoms with Crippen molar-refractivity contribution in [3.8, 4) is 0 Å². The first-order valence-electron chi connectivity index (χ1n) is 5.74. The summed E-state index contributed by atoms with van der Waals surface area (Å²) in [7, 11) is 0. The third-order valence-electron chi connectivity index (χ3n) is 3.03. The number of hydrogen-bond donors (Lipinski definition) is 2. The van der Waals surface area contributed by atoms with Crippen molar-refractivity contribution >= 4 is 22.8 Å². The summed E-state index contributed by atoms with van der Waals surface area (Å²) in [4.78, 5) is 23.0. The molecule has 0 spiro atoms. The molecule has 0 aromatic carbocycles. The van der Waals surface area contributed by atoms with Crippen LogP contribution >= 0.6 is 11.6 Å². The van der Waals surface area contributed by atoms with Gasteiger partial charge in [-0.25, -0.2) is 0 Å². The molecule has 0 aliphatic heterocycles. The van der Waals surface area contributed by atoms with Gasteiger partial charge in [-0.3, -0.25) is 9.59 Å². The Morgan fingerprint density at radius 2 is 1.88 bits per heavy atom. The molecule has 4 nitrogen and oxygen atoms in total. The lowest BCUT2D eigenvalue weighted by molar-refractivity contribution is -0.132. The number of carbonyl (C=O) groups excluding carboxylic acids is 2. The second-order valence-electron chi connectivity index (χ2n) is 4.17. The first-order chi connectivity index (χ1) is 7.66. The Morgan fingerprint density at radius 3 is 2.44 bits per heavy atom. The van der Waals surface area contributed by atoms with Crippen molar-refractivity contribution in [1.82, 2.24) is 5.32 Å². The van der Waals surface area contributed by atoms with Gasteiger partial charge in [-0.15, -0.1) is 0 Å². The monoisotopic (exact) mass is 247 g/mol. The predicted octanol–water partition coefficient (Wildman–Crippen LogP) is 1.06. The SMILES string of the molecule is O=C(Cl)C1CCCCC1C(=O)NCCCO. The molecule has 0 heterocycles. The number of hydrogen-bond acceptors (Lipinski definition) is 3. The highest BCUT2D eigenvalue weighted by atomic mass is 35.5. The van der Waals surface area contributed by atoms with Crippen molar-refractivity contribution < 1.29 is 14.7 Å². The van der Waals surface area contributed by atoms with Crippen LogP contribution < -0.4 is 5.32 Å². The zero-order valence-electron chi connectivity index (χ0n) is 9.25. The fourth-order valence-corrected chi connectivity index (χ4v) is 2.40. The van der Waals surface area contributed by atoms with E-state index in [-0.39, 0.29) is 24.3 Å². The molecule has 2 atom stereocenters. The molecule has 1 amide bonds. The molecule has 0 aromatic rings. The van der Waals surface area contributed by atoms with Crippen LogP contribution in [0.2, 0.25) is 0 Å². The average Bonchev–Trinajstić information content (AvgIpc) is 2.29. The molecule has 1 aliphatic carbocycles. The fraction of sp³-hybridized carbons (Fsp3) is 0.818. The minimum Gasteiger partial charge on any atom is -0.396 e. The van der Waals surface area contributed by atoms with E-state index in [0.717, 1.165) is 19.3 Å². The van der Waals surface area contributed by atoms with E-state index in [1.165, 1.54) is 0 Å². The Labute approximate surface area is 100 Å². The van der Waals surface area contributed by atoms with Gasteiger partial charge in [0.1, 0.15) is 0 Å². The molecule has 1 rings (SSSR count). The lowest BCUT2D eigenvalue weighted by Crippen LogP contribution is -2.39. The molecule has 1 fully saturated rings. The maximum Gasteiger partial charge on any atom is 0.225 e. The maximum atomic E-state index is 11.8. The summed E-state index contributed by atoms with van der Waals surface area (Å²) in [5, 5.41) is 10.9. The zero-order valence-corrected chi connectivity index (χ0v) is 10.0. The van der Waals surface area contributed by atoms with Gasteiger partial charge in [-0.05, 0) is 30.9 Å².